The first kappa shape index (κ1) is 13.1. The maximum Gasteiger partial charge on any atom is 0.219 e. The Balaban J connectivity index is 1.71. The second-order valence-corrected chi connectivity index (χ2v) is 5.49. The van der Waals surface area contributed by atoms with Crippen LogP contribution in [0, 0.1) is 0 Å². The number of hydrogen-bond acceptors (Lipinski definition) is 5. The quantitative estimate of drug-likeness (QED) is 0.846. The van der Waals surface area contributed by atoms with Crippen LogP contribution in [0.1, 0.15) is 6.92 Å². The molecule has 1 saturated heterocycles. The third-order valence-electron chi connectivity index (χ3n) is 3.44. The van der Waals surface area contributed by atoms with Gasteiger partial charge in [0.05, 0.1) is 0 Å². The third kappa shape index (κ3) is 2.65. The van der Waals surface area contributed by atoms with Crippen LogP contribution < -0.4 is 4.90 Å². The molecule has 0 unspecified atom stereocenters. The van der Waals surface area contributed by atoms with E-state index in [4.69, 9.17) is 0 Å². The summed E-state index contributed by atoms with van der Waals surface area (Å²) in [5, 5.41) is 0.937. The first-order valence-corrected chi connectivity index (χ1v) is 7.41. The van der Waals surface area contributed by atoms with Crippen LogP contribution in [0.4, 0.5) is 5.13 Å². The lowest BCUT2D eigenvalue weighted by atomic mass is 10.2. The normalized spacial score (nSPS) is 15.4. The molecule has 1 aromatic heterocycles. The predicted molar refractivity (Wildman–Crippen MR) is 79.8 cm³/mol. The van der Waals surface area contributed by atoms with Gasteiger partial charge in [0.2, 0.25) is 11.0 Å². The van der Waals surface area contributed by atoms with Crippen molar-refractivity contribution in [2.24, 2.45) is 0 Å². The van der Waals surface area contributed by atoms with Crippen LogP contribution >= 0.6 is 11.5 Å². The van der Waals surface area contributed by atoms with Crippen LogP contribution in [0.25, 0.3) is 11.4 Å². The highest BCUT2D eigenvalue weighted by Crippen LogP contribution is 2.24. The van der Waals surface area contributed by atoms with Gasteiger partial charge in [-0.2, -0.15) is 9.36 Å². The van der Waals surface area contributed by atoms with E-state index in [0.717, 1.165) is 42.7 Å². The van der Waals surface area contributed by atoms with Crippen molar-refractivity contribution in [3.8, 4) is 11.4 Å². The Bertz CT molecular complexity index is 590. The molecular weight excluding hydrogens is 272 g/mol. The molecule has 1 amide bonds. The molecule has 1 aromatic carbocycles. The average molecular weight is 288 g/mol. The first-order chi connectivity index (χ1) is 9.74. The van der Waals surface area contributed by atoms with E-state index in [0.29, 0.717) is 0 Å². The van der Waals surface area contributed by atoms with Gasteiger partial charge in [0.15, 0.2) is 5.82 Å². The minimum Gasteiger partial charge on any atom is -0.343 e. The lowest BCUT2D eigenvalue weighted by molar-refractivity contribution is -0.129. The fourth-order valence-electron chi connectivity index (χ4n) is 2.26. The molecule has 3 rings (SSSR count). The number of hydrogen-bond donors (Lipinski definition) is 0. The number of amides is 1. The summed E-state index contributed by atoms with van der Waals surface area (Å²) in [6, 6.07) is 9.99. The fraction of sp³-hybridized carbons (Fsp3) is 0.357. The molecular formula is C14H16N4OS. The summed E-state index contributed by atoms with van der Waals surface area (Å²) in [6.45, 7) is 4.78. The number of piperazine rings is 1. The highest BCUT2D eigenvalue weighted by Gasteiger charge is 2.21. The third-order valence-corrected chi connectivity index (χ3v) is 4.22. The van der Waals surface area contributed by atoms with E-state index in [2.05, 4.69) is 14.3 Å². The van der Waals surface area contributed by atoms with E-state index in [1.54, 1.807) is 6.92 Å². The van der Waals surface area contributed by atoms with Gasteiger partial charge in [-0.1, -0.05) is 30.3 Å². The Kier molecular flexibility index (Phi) is 3.64. The van der Waals surface area contributed by atoms with E-state index >= 15 is 0 Å². The largest absolute Gasteiger partial charge is 0.343 e. The van der Waals surface area contributed by atoms with Gasteiger partial charge in [0, 0.05) is 50.2 Å². The Morgan fingerprint density at radius 1 is 1.15 bits per heavy atom. The van der Waals surface area contributed by atoms with Gasteiger partial charge >= 0.3 is 0 Å². The standard InChI is InChI=1S/C14H16N4OS/c1-11(19)17-7-9-18(10-8-17)14-15-13(16-20-14)12-5-3-2-4-6-12/h2-6H,7-10H2,1H3. The highest BCUT2D eigenvalue weighted by atomic mass is 32.1. The van der Waals surface area contributed by atoms with Crippen LogP contribution in [0.15, 0.2) is 30.3 Å². The van der Waals surface area contributed by atoms with Crippen LogP contribution in [0.5, 0.6) is 0 Å². The second kappa shape index (κ2) is 5.58. The molecule has 104 valence electrons. The zero-order valence-electron chi connectivity index (χ0n) is 11.3. The lowest BCUT2D eigenvalue weighted by Crippen LogP contribution is -2.48. The summed E-state index contributed by atoms with van der Waals surface area (Å²) in [5.74, 6) is 0.923. The lowest BCUT2D eigenvalue weighted by Gasteiger charge is -2.33. The number of benzene rings is 1. The molecule has 0 N–H and O–H groups in total. The molecule has 0 bridgehead atoms. The van der Waals surface area contributed by atoms with Crippen LogP contribution in [-0.4, -0.2) is 46.3 Å². The molecule has 6 heteroatoms. The molecule has 5 nitrogen and oxygen atoms in total. The molecule has 1 aliphatic rings. The topological polar surface area (TPSA) is 49.3 Å². The molecule has 0 aliphatic carbocycles. The average Bonchev–Trinajstić information content (AvgIpc) is 2.98. The van der Waals surface area contributed by atoms with Crippen molar-refractivity contribution in [3.05, 3.63) is 30.3 Å². The zero-order valence-corrected chi connectivity index (χ0v) is 12.1. The minimum absolute atomic E-state index is 0.145. The van der Waals surface area contributed by atoms with Crippen LogP contribution in [0.3, 0.4) is 0 Å². The van der Waals surface area contributed by atoms with Crippen molar-refractivity contribution in [1.29, 1.82) is 0 Å². The number of rotatable bonds is 2. The van der Waals surface area contributed by atoms with Crippen molar-refractivity contribution >= 4 is 22.6 Å². The molecule has 2 aromatic rings. The predicted octanol–water partition coefficient (Wildman–Crippen LogP) is 1.87. The Hall–Kier alpha value is -1.95. The maximum atomic E-state index is 11.3. The first-order valence-electron chi connectivity index (χ1n) is 6.63. The van der Waals surface area contributed by atoms with Gasteiger partial charge < -0.3 is 9.80 Å². The van der Waals surface area contributed by atoms with E-state index in [1.165, 1.54) is 11.5 Å². The summed E-state index contributed by atoms with van der Waals surface area (Å²) in [7, 11) is 0. The number of nitrogens with zero attached hydrogens (tertiary/aromatic N) is 4. The van der Waals surface area contributed by atoms with Gasteiger partial charge in [-0.05, 0) is 0 Å². The summed E-state index contributed by atoms with van der Waals surface area (Å²) in [6.07, 6.45) is 0. The van der Waals surface area contributed by atoms with Gasteiger partial charge in [-0.3, -0.25) is 4.79 Å². The van der Waals surface area contributed by atoms with Gasteiger partial charge in [0.25, 0.3) is 0 Å². The van der Waals surface area contributed by atoms with E-state index < -0.39 is 0 Å². The summed E-state index contributed by atoms with van der Waals surface area (Å²) < 4.78 is 4.42. The maximum absolute atomic E-state index is 11.3. The fourth-order valence-corrected chi connectivity index (χ4v) is 3.00. The second-order valence-electron chi connectivity index (χ2n) is 4.76. The smallest absolute Gasteiger partial charge is 0.219 e. The molecule has 0 atom stereocenters. The summed E-state index contributed by atoms with van der Waals surface area (Å²) >= 11 is 1.42. The Morgan fingerprint density at radius 3 is 2.50 bits per heavy atom. The van der Waals surface area contributed by atoms with Gasteiger partial charge in [-0.15, -0.1) is 0 Å². The molecule has 20 heavy (non-hydrogen) atoms. The molecule has 0 saturated carbocycles. The summed E-state index contributed by atoms with van der Waals surface area (Å²) in [4.78, 5) is 20.0. The van der Waals surface area contributed by atoms with Crippen LogP contribution in [-0.2, 0) is 4.79 Å². The molecule has 0 radical (unpaired) electrons. The zero-order chi connectivity index (χ0) is 13.9. The van der Waals surface area contributed by atoms with Gasteiger partial charge in [0.1, 0.15) is 0 Å². The molecule has 0 spiro atoms. The molecule has 1 fully saturated rings. The van der Waals surface area contributed by atoms with Crippen molar-refractivity contribution in [3.63, 3.8) is 0 Å². The van der Waals surface area contributed by atoms with Gasteiger partial charge in [-0.25, -0.2) is 0 Å². The Morgan fingerprint density at radius 2 is 1.85 bits per heavy atom. The minimum atomic E-state index is 0.145. The highest BCUT2D eigenvalue weighted by molar-refractivity contribution is 7.09. The SMILES string of the molecule is CC(=O)N1CCN(c2nc(-c3ccccc3)ns2)CC1. The number of anilines is 1. The van der Waals surface area contributed by atoms with Crippen molar-refractivity contribution in [2.75, 3.05) is 31.1 Å². The molecule has 2 heterocycles. The van der Waals surface area contributed by atoms with Crippen molar-refractivity contribution in [1.82, 2.24) is 14.3 Å². The number of aromatic nitrogens is 2. The van der Waals surface area contributed by atoms with Crippen LogP contribution in [0.2, 0.25) is 0 Å². The Labute approximate surface area is 122 Å². The van der Waals surface area contributed by atoms with E-state index in [-0.39, 0.29) is 5.91 Å². The van der Waals surface area contributed by atoms with Crippen molar-refractivity contribution < 1.29 is 4.79 Å². The molecule has 1 aliphatic heterocycles. The summed E-state index contributed by atoms with van der Waals surface area (Å²) in [5.41, 5.74) is 1.04. The van der Waals surface area contributed by atoms with E-state index in [9.17, 15) is 4.79 Å². The van der Waals surface area contributed by atoms with Crippen molar-refractivity contribution in [2.45, 2.75) is 6.92 Å². The monoisotopic (exact) mass is 288 g/mol. The number of carbonyl (C=O) groups is 1. The number of carbonyl (C=O) groups excluding carboxylic acids is 1. The van der Waals surface area contributed by atoms with E-state index in [1.807, 2.05) is 35.2 Å².